The molecular formula is CdS2Zn2+2. The molecule has 0 rings (SSSR count). The smallest absolute Gasteiger partial charge is 2.00 e. The third-order valence-corrected chi connectivity index (χ3v) is 0. The number of hydrogen-bond donors (Lipinski definition) is 0. The summed E-state index contributed by atoms with van der Waals surface area (Å²) in [5.74, 6) is 0. The van der Waals surface area contributed by atoms with Crippen molar-refractivity contribution in [3.63, 3.8) is 0 Å². The molecule has 0 aromatic heterocycles. The van der Waals surface area contributed by atoms with Gasteiger partial charge >= 0.3 is 66.3 Å². The second-order valence-corrected chi connectivity index (χ2v) is 0. The van der Waals surface area contributed by atoms with E-state index < -0.39 is 0 Å². The molecule has 0 bridgehead atoms. The first-order chi connectivity index (χ1) is 0. The Morgan fingerprint density at radius 3 is 0.600 bits per heavy atom. The predicted molar refractivity (Wildman–Crippen MR) is 14.7 cm³/mol. The molecule has 0 fully saturated rings. The van der Waals surface area contributed by atoms with Gasteiger partial charge in [0.1, 0.15) is 0 Å². The molecule has 0 saturated carbocycles. The molecule has 0 aliphatic carbocycles. The molecule has 0 aliphatic heterocycles. The molecule has 5 heavy (non-hydrogen) atoms. The molecule has 0 saturated heterocycles. The van der Waals surface area contributed by atoms with Crippen molar-refractivity contribution in [2.75, 3.05) is 0 Å². The van der Waals surface area contributed by atoms with Crippen LogP contribution in [-0.2, 0) is 93.2 Å². The van der Waals surface area contributed by atoms with E-state index in [9.17, 15) is 0 Å². The first-order valence-corrected chi connectivity index (χ1v) is 0. The maximum atomic E-state index is 0. The second kappa shape index (κ2) is 28.7. The molecular weight excluding hydrogens is 307 g/mol. The Morgan fingerprint density at radius 2 is 0.600 bits per heavy atom. The zero-order valence-electron chi connectivity index (χ0n) is 2.94. The van der Waals surface area contributed by atoms with Crippen LogP contribution in [0.5, 0.6) is 0 Å². The second-order valence-electron chi connectivity index (χ2n) is 0. The first kappa shape index (κ1) is 45.1. The quantitative estimate of drug-likeness (QED) is 0.552. The molecule has 0 amide bonds. The van der Waals surface area contributed by atoms with E-state index in [0.717, 1.165) is 0 Å². The summed E-state index contributed by atoms with van der Waals surface area (Å²) in [7, 11) is 0. The largest absolute Gasteiger partial charge is 2.00 e. The van der Waals surface area contributed by atoms with Gasteiger partial charge in [-0.3, -0.25) is 0 Å². The van der Waals surface area contributed by atoms with E-state index in [4.69, 9.17) is 0 Å². The van der Waals surface area contributed by atoms with Crippen LogP contribution in [0.15, 0.2) is 0 Å². The van der Waals surface area contributed by atoms with Crippen LogP contribution in [0.3, 0.4) is 0 Å². The SMILES string of the molecule is [Cd+2].[S-2].[S-2].[Zn+2].[Zn+2]. The molecule has 5 heteroatoms. The Kier molecular flexibility index (Phi) is 259. The maximum Gasteiger partial charge on any atom is 2.00 e. The molecule has 0 aromatic rings. The Hall–Kier alpha value is 2.87. The Morgan fingerprint density at radius 1 is 0.600 bits per heavy atom. The molecule has 0 aromatic carbocycles. The van der Waals surface area contributed by atoms with Crippen LogP contribution < -0.4 is 0 Å². The Bertz CT molecular complexity index is 7.61. The van der Waals surface area contributed by atoms with Gasteiger partial charge in [0.25, 0.3) is 0 Å². The Balaban J connectivity index is 0. The van der Waals surface area contributed by atoms with Crippen LogP contribution in [0.4, 0.5) is 0 Å². The fourth-order valence-electron chi connectivity index (χ4n) is 0. The predicted octanol–water partition coefficient (Wildman–Crippen LogP) is -0.0123. The minimum atomic E-state index is 0. The van der Waals surface area contributed by atoms with Crippen molar-refractivity contribution in [3.05, 3.63) is 0 Å². The summed E-state index contributed by atoms with van der Waals surface area (Å²) < 4.78 is 0. The minimum absolute atomic E-state index is 0. The van der Waals surface area contributed by atoms with E-state index in [1.807, 2.05) is 0 Å². The van der Waals surface area contributed by atoms with Gasteiger partial charge in [-0.15, -0.1) is 0 Å². The van der Waals surface area contributed by atoms with E-state index in [0.29, 0.717) is 0 Å². The van der Waals surface area contributed by atoms with Gasteiger partial charge in [-0.05, 0) is 0 Å². The van der Waals surface area contributed by atoms with Gasteiger partial charge in [0.05, 0.1) is 0 Å². The van der Waals surface area contributed by atoms with Gasteiger partial charge in [0.2, 0.25) is 0 Å². The summed E-state index contributed by atoms with van der Waals surface area (Å²) in [5.41, 5.74) is 0. The van der Waals surface area contributed by atoms with Gasteiger partial charge in [-0.1, -0.05) is 0 Å². The number of hydrogen-bond acceptors (Lipinski definition) is 0. The molecule has 0 atom stereocenters. The molecule has 0 nitrogen and oxygen atoms in total. The van der Waals surface area contributed by atoms with Gasteiger partial charge in [-0.25, -0.2) is 0 Å². The standard InChI is InChI=1S/Cd.2S.2Zn/q+2;2*-2;2*+2. The zero-order chi connectivity index (χ0) is 0. The van der Waals surface area contributed by atoms with Gasteiger partial charge in [0, 0.05) is 0 Å². The summed E-state index contributed by atoms with van der Waals surface area (Å²) in [5, 5.41) is 0. The monoisotopic (exact) mass is 306 g/mol. The van der Waals surface area contributed by atoms with Crippen molar-refractivity contribution in [1.82, 2.24) is 0 Å². The van der Waals surface area contributed by atoms with Crippen molar-refractivity contribution in [1.29, 1.82) is 0 Å². The molecule has 0 aliphatic rings. The molecule has 0 spiro atoms. The van der Waals surface area contributed by atoms with Crippen LogP contribution in [0.25, 0.3) is 0 Å². The molecule has 0 radical (unpaired) electrons. The minimum Gasteiger partial charge on any atom is -2.00 e. The van der Waals surface area contributed by atoms with Crippen molar-refractivity contribution in [3.8, 4) is 0 Å². The summed E-state index contributed by atoms with van der Waals surface area (Å²) in [6.45, 7) is 0. The van der Waals surface area contributed by atoms with E-state index in [1.165, 1.54) is 0 Å². The Labute approximate surface area is 91.8 Å². The first-order valence-electron chi connectivity index (χ1n) is 0. The van der Waals surface area contributed by atoms with Gasteiger partial charge in [0.15, 0.2) is 0 Å². The van der Waals surface area contributed by atoms with Crippen LogP contribution in [-0.4, -0.2) is 0 Å². The number of rotatable bonds is 0. The van der Waals surface area contributed by atoms with Crippen molar-refractivity contribution in [2.24, 2.45) is 0 Å². The third kappa shape index (κ3) is 19.8. The van der Waals surface area contributed by atoms with Crippen LogP contribution in [0, 0.1) is 0 Å². The average molecular weight is 307 g/mol. The van der Waals surface area contributed by atoms with Gasteiger partial charge in [-0.2, -0.15) is 0 Å². The molecule has 16 valence electrons. The van der Waals surface area contributed by atoms with Crippen LogP contribution >= 0.6 is 0 Å². The average Bonchev–Trinajstić information content (AvgIpc) is 0. The molecule has 0 heterocycles. The van der Waals surface area contributed by atoms with Crippen LogP contribution in [0.2, 0.25) is 0 Å². The van der Waals surface area contributed by atoms with E-state index in [2.05, 4.69) is 0 Å². The van der Waals surface area contributed by atoms with E-state index in [1.54, 1.807) is 0 Å². The van der Waals surface area contributed by atoms with Gasteiger partial charge < -0.3 is 27.0 Å². The summed E-state index contributed by atoms with van der Waals surface area (Å²) >= 11 is 0. The normalized spacial score (nSPS) is 0. The summed E-state index contributed by atoms with van der Waals surface area (Å²) in [6, 6.07) is 0. The van der Waals surface area contributed by atoms with E-state index >= 15 is 0 Å². The summed E-state index contributed by atoms with van der Waals surface area (Å²) in [6.07, 6.45) is 0. The van der Waals surface area contributed by atoms with Crippen molar-refractivity contribution >= 4 is 27.0 Å². The fraction of sp³-hybridized carbons (Fsp3) is 0. The molecule has 0 unspecified atom stereocenters. The fourth-order valence-corrected chi connectivity index (χ4v) is 0. The zero-order valence-corrected chi connectivity index (χ0v) is 14.5. The van der Waals surface area contributed by atoms with Crippen LogP contribution in [0.1, 0.15) is 0 Å². The maximum absolute atomic E-state index is 0. The topological polar surface area (TPSA) is 0 Å². The van der Waals surface area contributed by atoms with E-state index in [-0.39, 0.29) is 93.2 Å². The van der Waals surface area contributed by atoms with Crippen molar-refractivity contribution < 1.29 is 66.3 Å². The molecule has 0 N–H and O–H groups in total. The summed E-state index contributed by atoms with van der Waals surface area (Å²) in [4.78, 5) is 0. The van der Waals surface area contributed by atoms with Crippen molar-refractivity contribution in [2.45, 2.75) is 0 Å². The third-order valence-electron chi connectivity index (χ3n) is 0.